The zero-order valence-electron chi connectivity index (χ0n) is 11.3. The highest BCUT2D eigenvalue weighted by Gasteiger charge is 2.14. The normalized spacial score (nSPS) is 10.1. The SMILES string of the molecule is Nc1ccc(Cl)cc1C(=O)OCC(=O)Nc1cccc(I)c1. The summed E-state index contributed by atoms with van der Waals surface area (Å²) in [4.78, 5) is 23.6. The fourth-order valence-corrected chi connectivity index (χ4v) is 2.39. The predicted octanol–water partition coefficient (Wildman–Crippen LogP) is 3.32. The summed E-state index contributed by atoms with van der Waals surface area (Å²) in [5.74, 6) is -1.13. The van der Waals surface area contributed by atoms with E-state index in [2.05, 4.69) is 27.9 Å². The third kappa shape index (κ3) is 4.60. The van der Waals surface area contributed by atoms with E-state index in [9.17, 15) is 9.59 Å². The third-order valence-corrected chi connectivity index (χ3v) is 3.58. The molecular weight excluding hydrogens is 419 g/mol. The quantitative estimate of drug-likeness (QED) is 0.443. The van der Waals surface area contributed by atoms with Gasteiger partial charge >= 0.3 is 5.97 Å². The maximum atomic E-state index is 11.9. The summed E-state index contributed by atoms with van der Waals surface area (Å²) in [7, 11) is 0. The topological polar surface area (TPSA) is 81.4 Å². The molecule has 3 N–H and O–H groups in total. The second kappa shape index (κ2) is 7.46. The van der Waals surface area contributed by atoms with Crippen LogP contribution in [0.4, 0.5) is 11.4 Å². The summed E-state index contributed by atoms with van der Waals surface area (Å²) >= 11 is 7.94. The van der Waals surface area contributed by atoms with Crippen LogP contribution in [0.15, 0.2) is 42.5 Å². The molecular formula is C15H12ClIN2O3. The number of carbonyl (C=O) groups is 2. The molecule has 0 aliphatic rings. The molecule has 0 fully saturated rings. The van der Waals surface area contributed by atoms with Crippen LogP contribution in [0.1, 0.15) is 10.4 Å². The van der Waals surface area contributed by atoms with Gasteiger partial charge in [0.05, 0.1) is 5.56 Å². The fraction of sp³-hybridized carbons (Fsp3) is 0.0667. The van der Waals surface area contributed by atoms with Crippen molar-refractivity contribution in [3.63, 3.8) is 0 Å². The lowest BCUT2D eigenvalue weighted by Gasteiger charge is -2.08. The van der Waals surface area contributed by atoms with E-state index in [0.29, 0.717) is 10.7 Å². The molecule has 2 rings (SSSR count). The van der Waals surface area contributed by atoms with E-state index < -0.39 is 18.5 Å². The molecule has 0 aliphatic carbocycles. The highest BCUT2D eigenvalue weighted by atomic mass is 127. The third-order valence-electron chi connectivity index (χ3n) is 2.68. The number of nitrogen functional groups attached to an aromatic ring is 1. The highest BCUT2D eigenvalue weighted by Crippen LogP contribution is 2.18. The fourth-order valence-electron chi connectivity index (χ4n) is 1.68. The van der Waals surface area contributed by atoms with Crippen molar-refractivity contribution in [2.24, 2.45) is 0 Å². The highest BCUT2D eigenvalue weighted by molar-refractivity contribution is 14.1. The molecule has 0 unspecified atom stereocenters. The first-order valence-corrected chi connectivity index (χ1v) is 7.69. The molecule has 2 aromatic carbocycles. The van der Waals surface area contributed by atoms with Crippen molar-refractivity contribution in [2.75, 3.05) is 17.7 Å². The van der Waals surface area contributed by atoms with Crippen molar-refractivity contribution in [3.05, 3.63) is 56.6 Å². The number of esters is 1. The van der Waals surface area contributed by atoms with Crippen LogP contribution in [-0.2, 0) is 9.53 Å². The number of benzene rings is 2. The van der Waals surface area contributed by atoms with E-state index in [4.69, 9.17) is 22.1 Å². The molecule has 0 saturated carbocycles. The van der Waals surface area contributed by atoms with Gasteiger partial charge in [0.1, 0.15) is 0 Å². The van der Waals surface area contributed by atoms with Gasteiger partial charge in [-0.3, -0.25) is 4.79 Å². The average molecular weight is 431 g/mol. The van der Waals surface area contributed by atoms with Gasteiger partial charge < -0.3 is 15.8 Å². The Morgan fingerprint density at radius 1 is 1.23 bits per heavy atom. The minimum absolute atomic E-state index is 0.134. The van der Waals surface area contributed by atoms with Gasteiger partial charge in [0.15, 0.2) is 6.61 Å². The summed E-state index contributed by atoms with van der Waals surface area (Å²) < 4.78 is 5.92. The first-order chi connectivity index (χ1) is 10.5. The largest absolute Gasteiger partial charge is 0.452 e. The minimum atomic E-state index is -0.696. The Labute approximate surface area is 145 Å². The number of nitrogens with two attached hydrogens (primary N) is 1. The maximum absolute atomic E-state index is 11.9. The first kappa shape index (κ1) is 16.6. The Hall–Kier alpha value is -1.80. The summed E-state index contributed by atoms with van der Waals surface area (Å²) in [6.45, 7) is -0.406. The van der Waals surface area contributed by atoms with Crippen molar-refractivity contribution >= 4 is 57.4 Å². The van der Waals surface area contributed by atoms with E-state index in [1.54, 1.807) is 18.2 Å². The maximum Gasteiger partial charge on any atom is 0.340 e. The van der Waals surface area contributed by atoms with Crippen molar-refractivity contribution in [3.8, 4) is 0 Å². The van der Waals surface area contributed by atoms with Gasteiger partial charge in [-0.1, -0.05) is 17.7 Å². The molecule has 2 aromatic rings. The lowest BCUT2D eigenvalue weighted by Crippen LogP contribution is -2.21. The van der Waals surface area contributed by atoms with Gasteiger partial charge in [-0.15, -0.1) is 0 Å². The number of hydrogen-bond donors (Lipinski definition) is 2. The lowest BCUT2D eigenvalue weighted by molar-refractivity contribution is -0.119. The molecule has 1 amide bonds. The number of hydrogen-bond acceptors (Lipinski definition) is 4. The molecule has 5 nitrogen and oxygen atoms in total. The second-order valence-electron chi connectivity index (χ2n) is 4.37. The van der Waals surface area contributed by atoms with Crippen molar-refractivity contribution in [1.82, 2.24) is 0 Å². The van der Waals surface area contributed by atoms with Crippen molar-refractivity contribution < 1.29 is 14.3 Å². The smallest absolute Gasteiger partial charge is 0.340 e. The van der Waals surface area contributed by atoms with Crippen LogP contribution in [0.2, 0.25) is 5.02 Å². The number of rotatable bonds is 4. The van der Waals surface area contributed by atoms with Crippen LogP contribution < -0.4 is 11.1 Å². The van der Waals surface area contributed by atoms with E-state index >= 15 is 0 Å². The molecule has 0 aliphatic heterocycles. The van der Waals surface area contributed by atoms with Crippen LogP contribution in [-0.4, -0.2) is 18.5 Å². The van der Waals surface area contributed by atoms with Gasteiger partial charge in [-0.2, -0.15) is 0 Å². The average Bonchev–Trinajstić information content (AvgIpc) is 2.47. The Morgan fingerprint density at radius 2 is 2.00 bits per heavy atom. The summed E-state index contributed by atoms with van der Waals surface area (Å²) in [6, 6.07) is 11.7. The number of ether oxygens (including phenoxy) is 1. The van der Waals surface area contributed by atoms with Crippen molar-refractivity contribution in [1.29, 1.82) is 0 Å². The molecule has 7 heteroatoms. The number of nitrogens with one attached hydrogen (secondary N) is 1. The van der Waals surface area contributed by atoms with Crippen LogP contribution in [0.5, 0.6) is 0 Å². The number of carbonyl (C=O) groups excluding carboxylic acids is 2. The standard InChI is InChI=1S/C15H12ClIN2O3/c16-9-4-5-13(18)12(6-9)15(21)22-8-14(20)19-11-3-1-2-10(17)7-11/h1-7H,8,18H2,(H,19,20). The predicted molar refractivity (Wildman–Crippen MR) is 93.9 cm³/mol. The Morgan fingerprint density at radius 3 is 2.73 bits per heavy atom. The van der Waals surface area contributed by atoms with E-state index in [1.807, 2.05) is 12.1 Å². The summed E-state index contributed by atoms with van der Waals surface area (Å²) in [5.41, 5.74) is 6.69. The van der Waals surface area contributed by atoms with Gasteiger partial charge in [0.2, 0.25) is 0 Å². The molecule has 0 bridgehead atoms. The second-order valence-corrected chi connectivity index (χ2v) is 6.05. The molecule has 0 radical (unpaired) electrons. The van der Waals surface area contributed by atoms with Crippen LogP contribution >= 0.6 is 34.2 Å². The number of amides is 1. The molecule has 0 aromatic heterocycles. The summed E-state index contributed by atoms with van der Waals surface area (Å²) in [5, 5.41) is 3.00. The first-order valence-electron chi connectivity index (χ1n) is 6.23. The molecule has 0 heterocycles. The lowest BCUT2D eigenvalue weighted by atomic mass is 10.2. The minimum Gasteiger partial charge on any atom is -0.452 e. The Kier molecular flexibility index (Phi) is 5.62. The molecule has 0 saturated heterocycles. The van der Waals surface area contributed by atoms with E-state index in [-0.39, 0.29) is 11.3 Å². The van der Waals surface area contributed by atoms with E-state index in [1.165, 1.54) is 12.1 Å². The molecule has 22 heavy (non-hydrogen) atoms. The summed E-state index contributed by atoms with van der Waals surface area (Å²) in [6.07, 6.45) is 0. The Balaban J connectivity index is 1.93. The zero-order valence-corrected chi connectivity index (χ0v) is 14.2. The molecule has 114 valence electrons. The zero-order chi connectivity index (χ0) is 16.1. The molecule has 0 atom stereocenters. The van der Waals surface area contributed by atoms with Crippen LogP contribution in [0.25, 0.3) is 0 Å². The number of anilines is 2. The van der Waals surface area contributed by atoms with Crippen LogP contribution in [0, 0.1) is 3.57 Å². The van der Waals surface area contributed by atoms with Gasteiger partial charge in [0, 0.05) is 20.0 Å². The number of halogens is 2. The Bertz CT molecular complexity index is 722. The van der Waals surface area contributed by atoms with E-state index in [0.717, 1.165) is 3.57 Å². The monoisotopic (exact) mass is 430 g/mol. The van der Waals surface area contributed by atoms with Gasteiger partial charge in [0.25, 0.3) is 5.91 Å². The molecule has 0 spiro atoms. The van der Waals surface area contributed by atoms with Crippen molar-refractivity contribution in [2.45, 2.75) is 0 Å². The van der Waals surface area contributed by atoms with Gasteiger partial charge in [-0.05, 0) is 59.0 Å². The van der Waals surface area contributed by atoms with Gasteiger partial charge in [-0.25, -0.2) is 4.79 Å². The van der Waals surface area contributed by atoms with Crippen LogP contribution in [0.3, 0.4) is 0 Å².